The Morgan fingerprint density at radius 3 is 3.14 bits per heavy atom. The van der Waals surface area contributed by atoms with Gasteiger partial charge in [0.25, 0.3) is 0 Å². The monoisotopic (exact) mass is 208 g/mol. The molecule has 72 valence electrons. The second-order valence-corrected chi connectivity index (χ2v) is 3.74. The maximum Gasteiger partial charge on any atom is 0.182 e. The summed E-state index contributed by atoms with van der Waals surface area (Å²) in [4.78, 5) is 18.7. The number of rotatable bonds is 2. The van der Waals surface area contributed by atoms with Crippen molar-refractivity contribution in [3.63, 3.8) is 0 Å². The largest absolute Gasteiger partial charge is 0.345 e. The Labute approximate surface area is 86.1 Å². The van der Waals surface area contributed by atoms with E-state index in [4.69, 9.17) is 11.6 Å². The van der Waals surface area contributed by atoms with Gasteiger partial charge in [-0.25, -0.2) is 4.98 Å². The minimum atomic E-state index is -0.505. The normalized spacial score (nSPS) is 13.0. The molecule has 0 amide bonds. The van der Waals surface area contributed by atoms with Crippen LogP contribution < -0.4 is 0 Å². The average Bonchev–Trinajstić information content (AvgIpc) is 2.60. The Morgan fingerprint density at radius 2 is 2.43 bits per heavy atom. The molecule has 2 rings (SSSR count). The Balaban J connectivity index is 2.58. The van der Waals surface area contributed by atoms with Crippen LogP contribution in [0.5, 0.6) is 0 Å². The minimum Gasteiger partial charge on any atom is -0.345 e. The predicted octanol–water partition coefficient (Wildman–Crippen LogP) is 2.37. The lowest BCUT2D eigenvalue weighted by molar-refractivity contribution is 0.0993. The molecule has 2 aromatic heterocycles. The van der Waals surface area contributed by atoms with Crippen molar-refractivity contribution < 1.29 is 4.79 Å². The van der Waals surface area contributed by atoms with E-state index in [0.717, 1.165) is 5.39 Å². The highest BCUT2D eigenvalue weighted by Crippen LogP contribution is 2.18. The van der Waals surface area contributed by atoms with Gasteiger partial charge in [0.05, 0.1) is 5.38 Å². The van der Waals surface area contributed by atoms with Gasteiger partial charge >= 0.3 is 0 Å². The first-order chi connectivity index (χ1) is 6.70. The van der Waals surface area contributed by atoms with E-state index in [1.807, 2.05) is 6.07 Å². The van der Waals surface area contributed by atoms with Crippen LogP contribution >= 0.6 is 11.6 Å². The van der Waals surface area contributed by atoms with E-state index in [9.17, 15) is 4.79 Å². The first-order valence-corrected chi connectivity index (χ1v) is 4.74. The number of aromatic amines is 1. The van der Waals surface area contributed by atoms with E-state index in [0.29, 0.717) is 11.2 Å². The molecule has 0 saturated carbocycles. The number of hydrogen-bond donors (Lipinski definition) is 1. The fourth-order valence-corrected chi connectivity index (χ4v) is 1.49. The Bertz CT molecular complexity index is 476. The molecule has 0 saturated heterocycles. The number of carbonyl (C=O) groups excluding carboxylic acids is 1. The molecule has 0 aromatic carbocycles. The molecule has 2 heterocycles. The highest BCUT2D eigenvalue weighted by Gasteiger charge is 2.16. The summed E-state index contributed by atoms with van der Waals surface area (Å²) in [7, 11) is 0. The molecule has 0 radical (unpaired) electrons. The molecule has 1 N–H and O–H groups in total. The standard InChI is InChI=1S/C10H9ClN2O/c1-6(11)9(14)8-5-13-10-7(8)3-2-4-12-10/h2-6H,1H3,(H,12,13). The molecule has 0 aliphatic rings. The number of nitrogens with one attached hydrogen (secondary N) is 1. The highest BCUT2D eigenvalue weighted by atomic mass is 35.5. The first kappa shape index (κ1) is 9.21. The summed E-state index contributed by atoms with van der Waals surface area (Å²) in [6.07, 6.45) is 3.33. The van der Waals surface area contributed by atoms with E-state index in [1.165, 1.54) is 0 Å². The van der Waals surface area contributed by atoms with Crippen LogP contribution in [0.1, 0.15) is 17.3 Å². The zero-order chi connectivity index (χ0) is 10.1. The van der Waals surface area contributed by atoms with E-state index >= 15 is 0 Å². The summed E-state index contributed by atoms with van der Waals surface area (Å²) in [6.45, 7) is 1.67. The third-order valence-electron chi connectivity index (χ3n) is 2.08. The van der Waals surface area contributed by atoms with Crippen LogP contribution in [-0.2, 0) is 0 Å². The molecule has 2 aromatic rings. The van der Waals surface area contributed by atoms with E-state index in [-0.39, 0.29) is 5.78 Å². The van der Waals surface area contributed by atoms with Gasteiger partial charge in [-0.1, -0.05) is 0 Å². The number of ketones is 1. The first-order valence-electron chi connectivity index (χ1n) is 4.30. The maximum atomic E-state index is 11.6. The summed E-state index contributed by atoms with van der Waals surface area (Å²) in [5.41, 5.74) is 1.32. The minimum absolute atomic E-state index is 0.0779. The summed E-state index contributed by atoms with van der Waals surface area (Å²) in [6, 6.07) is 3.65. The highest BCUT2D eigenvalue weighted by molar-refractivity contribution is 6.34. The number of fused-ring (bicyclic) bond motifs is 1. The van der Waals surface area contributed by atoms with Crippen molar-refractivity contribution in [3.05, 3.63) is 30.1 Å². The number of alkyl halides is 1. The van der Waals surface area contributed by atoms with Crippen LogP contribution in [-0.4, -0.2) is 21.1 Å². The van der Waals surface area contributed by atoms with Crippen LogP contribution in [0.3, 0.4) is 0 Å². The fraction of sp³-hybridized carbons (Fsp3) is 0.200. The number of hydrogen-bond acceptors (Lipinski definition) is 2. The van der Waals surface area contributed by atoms with Crippen molar-refractivity contribution in [3.8, 4) is 0 Å². The van der Waals surface area contributed by atoms with E-state index < -0.39 is 5.38 Å². The van der Waals surface area contributed by atoms with Gasteiger partial charge in [-0.2, -0.15) is 0 Å². The van der Waals surface area contributed by atoms with Crippen LogP contribution in [0.15, 0.2) is 24.5 Å². The van der Waals surface area contributed by atoms with Gasteiger partial charge in [-0.3, -0.25) is 4.79 Å². The third kappa shape index (κ3) is 1.40. The summed E-state index contributed by atoms with van der Waals surface area (Å²) >= 11 is 5.74. The lowest BCUT2D eigenvalue weighted by Gasteiger charge is -1.99. The lowest BCUT2D eigenvalue weighted by Crippen LogP contribution is -2.09. The Kier molecular flexibility index (Phi) is 2.25. The zero-order valence-corrected chi connectivity index (χ0v) is 8.38. The van der Waals surface area contributed by atoms with Crippen molar-refractivity contribution in [1.29, 1.82) is 0 Å². The zero-order valence-electron chi connectivity index (χ0n) is 7.62. The molecule has 0 bridgehead atoms. The molecule has 3 nitrogen and oxygen atoms in total. The van der Waals surface area contributed by atoms with Crippen LogP contribution in [0, 0.1) is 0 Å². The molecule has 0 spiro atoms. The van der Waals surface area contributed by atoms with Gasteiger partial charge in [0.15, 0.2) is 5.78 Å². The van der Waals surface area contributed by atoms with E-state index in [2.05, 4.69) is 9.97 Å². The van der Waals surface area contributed by atoms with Gasteiger partial charge in [0, 0.05) is 23.3 Å². The molecule has 4 heteroatoms. The van der Waals surface area contributed by atoms with Crippen LogP contribution in [0.25, 0.3) is 11.0 Å². The van der Waals surface area contributed by atoms with Gasteiger partial charge in [0.2, 0.25) is 0 Å². The second-order valence-electron chi connectivity index (χ2n) is 3.08. The van der Waals surface area contributed by atoms with Crippen molar-refractivity contribution >= 4 is 28.4 Å². The number of H-pyrrole nitrogens is 1. The molecular formula is C10H9ClN2O. The Hall–Kier alpha value is -1.35. The number of Topliss-reactive ketones (excluding diaryl/α,β-unsaturated/α-hetero) is 1. The fourth-order valence-electron chi connectivity index (χ4n) is 1.37. The molecule has 14 heavy (non-hydrogen) atoms. The summed E-state index contributed by atoms with van der Waals surface area (Å²) in [5.74, 6) is -0.0779. The van der Waals surface area contributed by atoms with Crippen molar-refractivity contribution in [1.82, 2.24) is 9.97 Å². The number of halogens is 1. The number of aromatic nitrogens is 2. The van der Waals surface area contributed by atoms with Crippen molar-refractivity contribution in [2.75, 3.05) is 0 Å². The molecule has 0 aliphatic heterocycles. The van der Waals surface area contributed by atoms with Gasteiger partial charge in [-0.05, 0) is 19.1 Å². The molecule has 1 unspecified atom stereocenters. The SMILES string of the molecule is CC(Cl)C(=O)c1c[nH]c2ncccc12. The number of pyridine rings is 1. The van der Waals surface area contributed by atoms with Gasteiger partial charge in [0.1, 0.15) is 5.65 Å². The average molecular weight is 209 g/mol. The maximum absolute atomic E-state index is 11.6. The summed E-state index contributed by atoms with van der Waals surface area (Å²) in [5, 5.41) is 0.319. The van der Waals surface area contributed by atoms with Gasteiger partial charge < -0.3 is 4.98 Å². The van der Waals surface area contributed by atoms with Crippen LogP contribution in [0.4, 0.5) is 0 Å². The lowest BCUT2D eigenvalue weighted by atomic mass is 10.1. The Morgan fingerprint density at radius 1 is 1.64 bits per heavy atom. The van der Waals surface area contributed by atoms with Crippen molar-refractivity contribution in [2.45, 2.75) is 12.3 Å². The molecule has 1 atom stereocenters. The third-order valence-corrected chi connectivity index (χ3v) is 2.28. The van der Waals surface area contributed by atoms with Gasteiger partial charge in [-0.15, -0.1) is 11.6 Å². The summed E-state index contributed by atoms with van der Waals surface area (Å²) < 4.78 is 0. The predicted molar refractivity (Wildman–Crippen MR) is 55.7 cm³/mol. The molecule has 0 fully saturated rings. The molecule has 0 aliphatic carbocycles. The molecular weight excluding hydrogens is 200 g/mol. The van der Waals surface area contributed by atoms with E-state index in [1.54, 1.807) is 25.4 Å². The number of carbonyl (C=O) groups is 1. The quantitative estimate of drug-likeness (QED) is 0.609. The smallest absolute Gasteiger partial charge is 0.182 e. The van der Waals surface area contributed by atoms with Crippen LogP contribution in [0.2, 0.25) is 0 Å². The van der Waals surface area contributed by atoms with Crippen molar-refractivity contribution in [2.24, 2.45) is 0 Å². The number of nitrogens with zero attached hydrogens (tertiary/aromatic N) is 1. The second kappa shape index (κ2) is 3.42. The topological polar surface area (TPSA) is 45.8 Å².